The summed E-state index contributed by atoms with van der Waals surface area (Å²) in [7, 11) is 0. The van der Waals surface area contributed by atoms with Gasteiger partial charge in [0.15, 0.2) is 0 Å². The molecule has 1 aromatic heterocycles. The molecule has 0 saturated heterocycles. The molecule has 1 amide bonds. The fourth-order valence-corrected chi connectivity index (χ4v) is 2.66. The van der Waals surface area contributed by atoms with Crippen molar-refractivity contribution in [3.63, 3.8) is 0 Å². The highest BCUT2D eigenvalue weighted by Gasteiger charge is 2.16. The second-order valence-corrected chi connectivity index (χ2v) is 5.23. The maximum Gasteiger partial charge on any atom is 0.412 e. The van der Waals surface area contributed by atoms with E-state index in [1.165, 1.54) is 19.3 Å². The van der Waals surface area contributed by atoms with E-state index in [-0.39, 0.29) is 12.1 Å². The molecule has 1 aliphatic carbocycles. The quantitative estimate of drug-likeness (QED) is 0.906. The zero-order chi connectivity index (χ0) is 13.8. The molecule has 3 rings (SSSR count). The van der Waals surface area contributed by atoms with Crippen LogP contribution in [-0.2, 0) is 0 Å². The van der Waals surface area contributed by atoms with E-state index in [0.29, 0.717) is 5.75 Å². The Morgan fingerprint density at radius 2 is 2.05 bits per heavy atom. The lowest BCUT2D eigenvalue weighted by Gasteiger charge is -2.22. The largest absolute Gasteiger partial charge is 0.412 e. The molecule has 20 heavy (non-hydrogen) atoms. The van der Waals surface area contributed by atoms with E-state index in [1.54, 1.807) is 18.3 Å². The molecule has 2 aromatic rings. The molecule has 0 radical (unpaired) electrons. The smallest absolute Gasteiger partial charge is 0.410 e. The van der Waals surface area contributed by atoms with Crippen molar-refractivity contribution in [2.45, 2.75) is 38.1 Å². The fourth-order valence-electron chi connectivity index (χ4n) is 2.66. The van der Waals surface area contributed by atoms with Gasteiger partial charge in [-0.3, -0.25) is 4.98 Å². The first-order valence-electron chi connectivity index (χ1n) is 7.14. The van der Waals surface area contributed by atoms with Crippen LogP contribution in [-0.4, -0.2) is 17.1 Å². The van der Waals surface area contributed by atoms with Crippen molar-refractivity contribution < 1.29 is 9.53 Å². The van der Waals surface area contributed by atoms with Crippen molar-refractivity contribution in [1.82, 2.24) is 10.3 Å². The number of rotatable bonds is 2. The summed E-state index contributed by atoms with van der Waals surface area (Å²) in [6, 6.07) is 9.62. The van der Waals surface area contributed by atoms with Crippen LogP contribution in [0.4, 0.5) is 4.79 Å². The Hall–Kier alpha value is -2.10. The first-order chi connectivity index (χ1) is 9.81. The maximum absolute atomic E-state index is 11.9. The van der Waals surface area contributed by atoms with Gasteiger partial charge in [-0.25, -0.2) is 4.79 Å². The van der Waals surface area contributed by atoms with Crippen LogP contribution in [0.25, 0.3) is 10.9 Å². The van der Waals surface area contributed by atoms with E-state index in [0.717, 1.165) is 23.7 Å². The molecule has 1 fully saturated rings. The highest BCUT2D eigenvalue weighted by atomic mass is 16.6. The van der Waals surface area contributed by atoms with Gasteiger partial charge in [-0.05, 0) is 31.0 Å². The molecule has 1 saturated carbocycles. The van der Waals surface area contributed by atoms with Gasteiger partial charge in [-0.15, -0.1) is 0 Å². The number of hydrogen-bond acceptors (Lipinski definition) is 3. The molecular weight excluding hydrogens is 252 g/mol. The third kappa shape index (κ3) is 3.07. The number of benzene rings is 1. The Morgan fingerprint density at radius 1 is 1.20 bits per heavy atom. The zero-order valence-electron chi connectivity index (χ0n) is 11.3. The molecule has 4 nitrogen and oxygen atoms in total. The van der Waals surface area contributed by atoms with Gasteiger partial charge in [0.2, 0.25) is 0 Å². The highest BCUT2D eigenvalue weighted by molar-refractivity contribution is 5.81. The number of carbonyl (C=O) groups is 1. The number of nitrogens with zero attached hydrogens (tertiary/aromatic N) is 1. The topological polar surface area (TPSA) is 51.2 Å². The Bertz CT molecular complexity index is 606. The summed E-state index contributed by atoms with van der Waals surface area (Å²) in [4.78, 5) is 16.1. The van der Waals surface area contributed by atoms with Crippen molar-refractivity contribution >= 4 is 17.0 Å². The second kappa shape index (κ2) is 5.90. The van der Waals surface area contributed by atoms with Crippen molar-refractivity contribution in [3.8, 4) is 5.75 Å². The molecule has 104 valence electrons. The SMILES string of the molecule is O=C(NC1CCCCC1)Oc1ccc2cccnc2c1. The number of pyridine rings is 1. The minimum Gasteiger partial charge on any atom is -0.410 e. The first kappa shape index (κ1) is 12.9. The standard InChI is InChI=1S/C16H18N2O2/c19-16(18-13-6-2-1-3-7-13)20-14-9-8-12-5-4-10-17-15(12)11-14/h4-5,8-11,13H,1-3,6-7H2,(H,18,19). The molecule has 1 N–H and O–H groups in total. The van der Waals surface area contributed by atoms with Crippen LogP contribution in [0.2, 0.25) is 0 Å². The van der Waals surface area contributed by atoms with Gasteiger partial charge in [0, 0.05) is 23.7 Å². The lowest BCUT2D eigenvalue weighted by Crippen LogP contribution is -2.37. The van der Waals surface area contributed by atoms with Gasteiger partial charge in [0.1, 0.15) is 5.75 Å². The Kier molecular flexibility index (Phi) is 3.81. The van der Waals surface area contributed by atoms with E-state index >= 15 is 0 Å². The zero-order valence-corrected chi connectivity index (χ0v) is 11.3. The van der Waals surface area contributed by atoms with Crippen LogP contribution in [0, 0.1) is 0 Å². The predicted octanol–water partition coefficient (Wildman–Crippen LogP) is 3.66. The van der Waals surface area contributed by atoms with Crippen molar-refractivity contribution in [3.05, 3.63) is 36.5 Å². The number of ether oxygens (including phenoxy) is 1. The van der Waals surface area contributed by atoms with E-state index in [9.17, 15) is 4.79 Å². The van der Waals surface area contributed by atoms with Crippen LogP contribution in [0.15, 0.2) is 36.5 Å². The third-order valence-electron chi connectivity index (χ3n) is 3.72. The normalized spacial score (nSPS) is 16.0. The third-order valence-corrected chi connectivity index (χ3v) is 3.72. The molecule has 1 heterocycles. The van der Waals surface area contributed by atoms with E-state index in [1.807, 2.05) is 18.2 Å². The Morgan fingerprint density at radius 3 is 2.90 bits per heavy atom. The number of hydrogen-bond donors (Lipinski definition) is 1. The van der Waals surface area contributed by atoms with Crippen LogP contribution >= 0.6 is 0 Å². The fraction of sp³-hybridized carbons (Fsp3) is 0.375. The number of fused-ring (bicyclic) bond motifs is 1. The second-order valence-electron chi connectivity index (χ2n) is 5.23. The molecule has 1 aromatic carbocycles. The summed E-state index contributed by atoms with van der Waals surface area (Å²) < 4.78 is 5.34. The molecule has 0 atom stereocenters. The van der Waals surface area contributed by atoms with Gasteiger partial charge < -0.3 is 10.1 Å². The van der Waals surface area contributed by atoms with Crippen LogP contribution in [0.3, 0.4) is 0 Å². The number of carbonyl (C=O) groups excluding carboxylic acids is 1. The lowest BCUT2D eigenvalue weighted by molar-refractivity contribution is 0.192. The molecule has 4 heteroatoms. The van der Waals surface area contributed by atoms with Crippen molar-refractivity contribution in [2.24, 2.45) is 0 Å². The summed E-state index contributed by atoms with van der Waals surface area (Å²) in [5.41, 5.74) is 0.829. The van der Waals surface area contributed by atoms with Gasteiger partial charge in [0.05, 0.1) is 5.52 Å². The summed E-state index contributed by atoms with van der Waals surface area (Å²) in [5, 5.41) is 3.97. The number of aromatic nitrogens is 1. The first-order valence-corrected chi connectivity index (χ1v) is 7.14. The average Bonchev–Trinajstić information content (AvgIpc) is 2.48. The minimum absolute atomic E-state index is 0.259. The summed E-state index contributed by atoms with van der Waals surface area (Å²) >= 11 is 0. The predicted molar refractivity (Wildman–Crippen MR) is 77.8 cm³/mol. The molecule has 0 unspecified atom stereocenters. The summed E-state index contributed by atoms with van der Waals surface area (Å²) in [5.74, 6) is 0.532. The van der Waals surface area contributed by atoms with Gasteiger partial charge >= 0.3 is 6.09 Å². The van der Waals surface area contributed by atoms with Crippen LogP contribution in [0.5, 0.6) is 5.75 Å². The molecule has 0 spiro atoms. The lowest BCUT2D eigenvalue weighted by atomic mass is 9.96. The minimum atomic E-state index is -0.368. The van der Waals surface area contributed by atoms with Crippen LogP contribution < -0.4 is 10.1 Å². The van der Waals surface area contributed by atoms with Gasteiger partial charge in [-0.1, -0.05) is 25.3 Å². The molecular formula is C16H18N2O2. The Labute approximate surface area is 118 Å². The number of amides is 1. The van der Waals surface area contributed by atoms with E-state index in [2.05, 4.69) is 10.3 Å². The van der Waals surface area contributed by atoms with Crippen molar-refractivity contribution in [1.29, 1.82) is 0 Å². The van der Waals surface area contributed by atoms with E-state index < -0.39 is 0 Å². The van der Waals surface area contributed by atoms with E-state index in [4.69, 9.17) is 4.74 Å². The molecule has 0 bridgehead atoms. The van der Waals surface area contributed by atoms with Crippen molar-refractivity contribution in [2.75, 3.05) is 0 Å². The maximum atomic E-state index is 11.9. The highest BCUT2D eigenvalue weighted by Crippen LogP contribution is 2.20. The summed E-state index contributed by atoms with van der Waals surface area (Å²) in [6.45, 7) is 0. The van der Waals surface area contributed by atoms with Gasteiger partial charge in [-0.2, -0.15) is 0 Å². The molecule has 0 aliphatic heterocycles. The number of nitrogens with one attached hydrogen (secondary N) is 1. The van der Waals surface area contributed by atoms with Crippen LogP contribution in [0.1, 0.15) is 32.1 Å². The Balaban J connectivity index is 1.64. The molecule has 1 aliphatic rings. The van der Waals surface area contributed by atoms with Gasteiger partial charge in [0.25, 0.3) is 0 Å². The summed E-state index contributed by atoms with van der Waals surface area (Å²) in [6.07, 6.45) is 7.10. The monoisotopic (exact) mass is 270 g/mol. The average molecular weight is 270 g/mol.